The quantitative estimate of drug-likeness (QED) is 0.878. The zero-order chi connectivity index (χ0) is 19.0. The molecule has 0 radical (unpaired) electrons. The van der Waals surface area contributed by atoms with Crippen molar-refractivity contribution < 1.29 is 14.3 Å². The number of fused-ring (bicyclic) bond motifs is 1. The molecule has 2 unspecified atom stereocenters. The summed E-state index contributed by atoms with van der Waals surface area (Å²) < 4.78 is 7.30. The molecule has 3 heterocycles. The van der Waals surface area contributed by atoms with Crippen LogP contribution in [0.15, 0.2) is 6.20 Å². The van der Waals surface area contributed by atoms with Gasteiger partial charge in [0.1, 0.15) is 5.56 Å². The van der Waals surface area contributed by atoms with Gasteiger partial charge in [-0.2, -0.15) is 5.10 Å². The minimum atomic E-state index is -0.551. The zero-order valence-electron chi connectivity index (χ0n) is 15.7. The molecule has 2 atom stereocenters. The summed E-state index contributed by atoms with van der Waals surface area (Å²) in [6.07, 6.45) is 2.52. The summed E-state index contributed by atoms with van der Waals surface area (Å²) in [5.41, 5.74) is 8.76. The standard InChI is InChI=1S/C18H25N5O3/c1-10-8-22(9-11(2)26-10)16(24)6-5-14-12(3)21-18-15(17(19)25)7-20-23(18)13(14)4/h7,10-11H,5-6,8-9H2,1-4H3,(H2,19,25). The fourth-order valence-corrected chi connectivity index (χ4v) is 3.62. The van der Waals surface area contributed by atoms with Gasteiger partial charge in [-0.3, -0.25) is 9.59 Å². The number of hydrogen-bond acceptors (Lipinski definition) is 5. The third kappa shape index (κ3) is 3.41. The number of ether oxygens (including phenoxy) is 1. The molecule has 1 aliphatic heterocycles. The van der Waals surface area contributed by atoms with E-state index in [1.807, 2.05) is 32.6 Å². The van der Waals surface area contributed by atoms with Crippen LogP contribution in [-0.4, -0.2) is 56.6 Å². The molecule has 2 amide bonds. The van der Waals surface area contributed by atoms with Crippen LogP contribution in [0.25, 0.3) is 5.65 Å². The Labute approximate surface area is 152 Å². The second kappa shape index (κ2) is 7.03. The molecule has 140 valence electrons. The van der Waals surface area contributed by atoms with Crippen molar-refractivity contribution in [2.24, 2.45) is 5.73 Å². The van der Waals surface area contributed by atoms with Gasteiger partial charge in [-0.15, -0.1) is 0 Å². The Morgan fingerprint density at radius 1 is 1.27 bits per heavy atom. The number of hydrogen-bond donors (Lipinski definition) is 1. The van der Waals surface area contributed by atoms with Gasteiger partial charge in [0.25, 0.3) is 5.91 Å². The first kappa shape index (κ1) is 18.3. The predicted octanol–water partition coefficient (Wildman–Crippen LogP) is 1.01. The summed E-state index contributed by atoms with van der Waals surface area (Å²) >= 11 is 0. The van der Waals surface area contributed by atoms with Crippen molar-refractivity contribution in [3.8, 4) is 0 Å². The van der Waals surface area contributed by atoms with Crippen LogP contribution in [0.4, 0.5) is 0 Å². The van der Waals surface area contributed by atoms with Gasteiger partial charge in [-0.05, 0) is 39.7 Å². The lowest BCUT2D eigenvalue weighted by molar-refractivity contribution is -0.143. The fraction of sp³-hybridized carbons (Fsp3) is 0.556. The minimum absolute atomic E-state index is 0.0560. The number of nitrogens with two attached hydrogens (primary N) is 1. The number of primary amides is 1. The molecular formula is C18H25N5O3. The molecule has 1 fully saturated rings. The Kier molecular flexibility index (Phi) is 4.95. The van der Waals surface area contributed by atoms with Gasteiger partial charge in [0, 0.05) is 30.9 Å². The van der Waals surface area contributed by atoms with Crippen molar-refractivity contribution in [3.63, 3.8) is 0 Å². The van der Waals surface area contributed by atoms with Gasteiger partial charge < -0.3 is 15.4 Å². The summed E-state index contributed by atoms with van der Waals surface area (Å²) in [4.78, 5) is 30.5. The van der Waals surface area contributed by atoms with Crippen LogP contribution in [0.2, 0.25) is 0 Å². The topological polar surface area (TPSA) is 103 Å². The van der Waals surface area contributed by atoms with E-state index in [1.165, 1.54) is 6.20 Å². The van der Waals surface area contributed by atoms with Crippen LogP contribution in [-0.2, 0) is 16.0 Å². The zero-order valence-corrected chi connectivity index (χ0v) is 15.7. The van der Waals surface area contributed by atoms with Crippen LogP contribution in [0.1, 0.15) is 47.6 Å². The highest BCUT2D eigenvalue weighted by Gasteiger charge is 2.26. The molecule has 1 aliphatic rings. The third-order valence-electron chi connectivity index (χ3n) is 4.84. The van der Waals surface area contributed by atoms with E-state index in [1.54, 1.807) is 4.52 Å². The maximum Gasteiger partial charge on any atom is 0.254 e. The molecule has 2 aromatic rings. The lowest BCUT2D eigenvalue weighted by Gasteiger charge is -2.35. The number of aromatic nitrogens is 3. The van der Waals surface area contributed by atoms with Gasteiger partial charge in [0.15, 0.2) is 5.65 Å². The summed E-state index contributed by atoms with van der Waals surface area (Å²) in [6, 6.07) is 0. The number of morpholine rings is 1. The molecule has 0 bridgehead atoms. The first-order valence-electron chi connectivity index (χ1n) is 8.84. The van der Waals surface area contributed by atoms with Gasteiger partial charge in [-0.25, -0.2) is 9.50 Å². The van der Waals surface area contributed by atoms with Crippen LogP contribution < -0.4 is 5.73 Å². The molecule has 0 aliphatic carbocycles. The van der Waals surface area contributed by atoms with Crippen LogP contribution in [0.3, 0.4) is 0 Å². The average molecular weight is 359 g/mol. The van der Waals surface area contributed by atoms with Crippen molar-refractivity contribution in [1.82, 2.24) is 19.5 Å². The normalized spacial score (nSPS) is 20.5. The van der Waals surface area contributed by atoms with Gasteiger partial charge in [-0.1, -0.05) is 0 Å². The summed E-state index contributed by atoms with van der Waals surface area (Å²) in [5.74, 6) is -0.436. The van der Waals surface area contributed by atoms with E-state index < -0.39 is 5.91 Å². The Morgan fingerprint density at radius 2 is 1.92 bits per heavy atom. The number of carbonyl (C=O) groups is 2. The molecule has 3 rings (SSSR count). The van der Waals surface area contributed by atoms with Gasteiger partial charge >= 0.3 is 0 Å². The van der Waals surface area contributed by atoms with E-state index in [0.717, 1.165) is 17.0 Å². The van der Waals surface area contributed by atoms with Crippen LogP contribution >= 0.6 is 0 Å². The van der Waals surface area contributed by atoms with E-state index in [0.29, 0.717) is 37.1 Å². The lowest BCUT2D eigenvalue weighted by Crippen LogP contribution is -2.48. The molecule has 0 spiro atoms. The van der Waals surface area contributed by atoms with Crippen molar-refractivity contribution in [2.75, 3.05) is 13.1 Å². The van der Waals surface area contributed by atoms with Crippen molar-refractivity contribution >= 4 is 17.5 Å². The highest BCUT2D eigenvalue weighted by atomic mass is 16.5. The molecule has 8 nitrogen and oxygen atoms in total. The maximum atomic E-state index is 12.6. The third-order valence-corrected chi connectivity index (χ3v) is 4.84. The molecule has 26 heavy (non-hydrogen) atoms. The van der Waals surface area contributed by atoms with Crippen LogP contribution in [0.5, 0.6) is 0 Å². The average Bonchev–Trinajstić information content (AvgIpc) is 2.97. The Bertz CT molecular complexity index is 850. The number of rotatable bonds is 4. The van der Waals surface area contributed by atoms with E-state index >= 15 is 0 Å². The largest absolute Gasteiger partial charge is 0.372 e. The number of aryl methyl sites for hydroxylation is 2. The van der Waals surface area contributed by atoms with Crippen LogP contribution in [0, 0.1) is 13.8 Å². The monoisotopic (exact) mass is 359 g/mol. The summed E-state index contributed by atoms with van der Waals surface area (Å²) in [5, 5.41) is 4.22. The number of amides is 2. The molecule has 0 saturated carbocycles. The first-order chi connectivity index (χ1) is 12.3. The molecule has 1 saturated heterocycles. The van der Waals surface area contributed by atoms with Crippen molar-refractivity contribution in [1.29, 1.82) is 0 Å². The highest BCUT2D eigenvalue weighted by Crippen LogP contribution is 2.19. The van der Waals surface area contributed by atoms with Crippen molar-refractivity contribution in [2.45, 2.75) is 52.7 Å². The van der Waals surface area contributed by atoms with E-state index in [-0.39, 0.29) is 18.1 Å². The molecule has 2 N–H and O–H groups in total. The van der Waals surface area contributed by atoms with Gasteiger partial charge in [0.05, 0.1) is 18.4 Å². The Hall–Kier alpha value is -2.48. The SMILES string of the molecule is Cc1nc2c(C(N)=O)cnn2c(C)c1CCC(=O)N1CC(C)OC(C)C1. The first-order valence-corrected chi connectivity index (χ1v) is 8.84. The lowest BCUT2D eigenvalue weighted by atomic mass is 10.1. The highest BCUT2D eigenvalue weighted by molar-refractivity contribution is 5.98. The summed E-state index contributed by atoms with van der Waals surface area (Å²) in [7, 11) is 0. The van der Waals surface area contributed by atoms with Crippen molar-refractivity contribution in [3.05, 3.63) is 28.7 Å². The fourth-order valence-electron chi connectivity index (χ4n) is 3.62. The van der Waals surface area contributed by atoms with Gasteiger partial charge in [0.2, 0.25) is 5.91 Å². The maximum absolute atomic E-state index is 12.6. The number of nitrogens with zero attached hydrogens (tertiary/aromatic N) is 4. The second-order valence-corrected chi connectivity index (χ2v) is 6.98. The second-order valence-electron chi connectivity index (χ2n) is 6.98. The predicted molar refractivity (Wildman–Crippen MR) is 95.9 cm³/mol. The summed E-state index contributed by atoms with van der Waals surface area (Å²) in [6.45, 7) is 9.01. The molecule has 0 aromatic carbocycles. The Balaban J connectivity index is 1.79. The van der Waals surface area contributed by atoms with E-state index in [2.05, 4.69) is 10.1 Å². The molecular weight excluding hydrogens is 334 g/mol. The minimum Gasteiger partial charge on any atom is -0.372 e. The smallest absolute Gasteiger partial charge is 0.254 e. The molecule has 8 heteroatoms. The number of carbonyl (C=O) groups excluding carboxylic acids is 2. The molecule has 2 aromatic heterocycles. The van der Waals surface area contributed by atoms with E-state index in [4.69, 9.17) is 10.5 Å². The Morgan fingerprint density at radius 3 is 2.54 bits per heavy atom. The van der Waals surface area contributed by atoms with E-state index in [9.17, 15) is 9.59 Å².